The predicted molar refractivity (Wildman–Crippen MR) is 134 cm³/mol. The SMILES string of the molecule is C#CCC(CO)c1nc(C[C@H](C)[C@H]2Cc3ccc(C)c(OCc4ccc(OC)cc4)c3C(=O)O2)co1. The molecule has 0 saturated heterocycles. The summed E-state index contributed by atoms with van der Waals surface area (Å²) in [6.07, 6.45) is 8.15. The first-order valence-electron chi connectivity index (χ1n) is 12.0. The van der Waals surface area contributed by atoms with Crippen LogP contribution in [0.25, 0.3) is 0 Å². The van der Waals surface area contributed by atoms with Gasteiger partial charge in [0, 0.05) is 12.8 Å². The molecule has 1 N–H and O–H groups in total. The van der Waals surface area contributed by atoms with Crippen LogP contribution < -0.4 is 9.47 Å². The van der Waals surface area contributed by atoms with Gasteiger partial charge in [-0.2, -0.15) is 0 Å². The fourth-order valence-electron chi connectivity index (χ4n) is 4.39. The largest absolute Gasteiger partial charge is 0.497 e. The topological polar surface area (TPSA) is 91.0 Å². The van der Waals surface area contributed by atoms with Crippen LogP contribution in [0.5, 0.6) is 11.5 Å². The van der Waals surface area contributed by atoms with Crippen LogP contribution in [-0.4, -0.2) is 35.9 Å². The van der Waals surface area contributed by atoms with Crippen molar-refractivity contribution in [3.05, 3.63) is 76.5 Å². The minimum atomic E-state index is -0.378. The molecule has 1 aromatic heterocycles. The van der Waals surface area contributed by atoms with Gasteiger partial charge in [0.1, 0.15) is 36.0 Å². The molecule has 2 aromatic carbocycles. The van der Waals surface area contributed by atoms with E-state index in [2.05, 4.69) is 10.9 Å². The lowest BCUT2D eigenvalue weighted by Gasteiger charge is -2.30. The van der Waals surface area contributed by atoms with Crippen molar-refractivity contribution < 1.29 is 28.5 Å². The van der Waals surface area contributed by atoms with Gasteiger partial charge in [-0.05, 0) is 48.1 Å². The Morgan fingerprint density at radius 3 is 2.72 bits per heavy atom. The number of oxazole rings is 1. The summed E-state index contributed by atoms with van der Waals surface area (Å²) in [7, 11) is 1.63. The van der Waals surface area contributed by atoms with Gasteiger partial charge in [0.25, 0.3) is 0 Å². The average molecular weight is 490 g/mol. The molecule has 1 unspecified atom stereocenters. The number of rotatable bonds is 10. The zero-order valence-electron chi connectivity index (χ0n) is 20.8. The van der Waals surface area contributed by atoms with E-state index in [1.807, 2.05) is 50.2 Å². The molecule has 0 saturated carbocycles. The van der Waals surface area contributed by atoms with E-state index in [4.69, 9.17) is 25.1 Å². The van der Waals surface area contributed by atoms with E-state index in [1.165, 1.54) is 0 Å². The Bertz CT molecular complexity index is 1240. The fourth-order valence-corrected chi connectivity index (χ4v) is 4.39. The number of hydrogen-bond acceptors (Lipinski definition) is 7. The minimum absolute atomic E-state index is 0.00484. The Morgan fingerprint density at radius 2 is 2.03 bits per heavy atom. The summed E-state index contributed by atoms with van der Waals surface area (Å²) < 4.78 is 22.7. The number of aliphatic hydroxyl groups excluding tert-OH is 1. The zero-order chi connectivity index (χ0) is 25.7. The molecule has 0 bridgehead atoms. The van der Waals surface area contributed by atoms with E-state index in [0.29, 0.717) is 43.1 Å². The highest BCUT2D eigenvalue weighted by atomic mass is 16.5. The summed E-state index contributed by atoms with van der Waals surface area (Å²) in [4.78, 5) is 17.6. The zero-order valence-corrected chi connectivity index (χ0v) is 20.8. The van der Waals surface area contributed by atoms with Crippen LogP contribution in [0.4, 0.5) is 0 Å². The number of ether oxygens (including phenoxy) is 3. The molecule has 7 heteroatoms. The number of aryl methyl sites for hydroxylation is 1. The van der Waals surface area contributed by atoms with Crippen molar-refractivity contribution in [1.82, 2.24) is 4.98 Å². The van der Waals surface area contributed by atoms with Gasteiger partial charge in [-0.3, -0.25) is 0 Å². The number of hydrogen-bond donors (Lipinski definition) is 1. The van der Waals surface area contributed by atoms with Crippen molar-refractivity contribution in [2.24, 2.45) is 5.92 Å². The van der Waals surface area contributed by atoms with Gasteiger partial charge in [-0.1, -0.05) is 31.2 Å². The standard InChI is InChI=1S/C29H31NO6/c1-5-6-22(15-31)28-30-23(17-35-28)13-19(3)25-14-21-10-7-18(2)27(26(21)29(32)36-25)34-16-20-8-11-24(33-4)12-9-20/h1,7-12,17,19,22,25,31H,6,13-16H2,2-4H3/t19-,22?,25+/m0/s1. The normalized spacial score (nSPS) is 16.4. The number of carbonyl (C=O) groups is 1. The molecule has 0 amide bonds. The summed E-state index contributed by atoms with van der Waals surface area (Å²) in [6.45, 7) is 4.15. The maximum absolute atomic E-state index is 13.1. The number of terminal acetylenes is 1. The number of aliphatic hydroxyl groups is 1. The second-order valence-corrected chi connectivity index (χ2v) is 9.18. The smallest absolute Gasteiger partial charge is 0.342 e. The average Bonchev–Trinajstić information content (AvgIpc) is 3.35. The Balaban J connectivity index is 1.45. The van der Waals surface area contributed by atoms with Crippen LogP contribution in [0, 0.1) is 25.2 Å². The molecule has 1 aliphatic rings. The molecule has 7 nitrogen and oxygen atoms in total. The first-order valence-corrected chi connectivity index (χ1v) is 12.0. The van der Waals surface area contributed by atoms with Gasteiger partial charge in [0.05, 0.1) is 25.3 Å². The van der Waals surface area contributed by atoms with Crippen molar-refractivity contribution in [1.29, 1.82) is 0 Å². The summed E-state index contributed by atoms with van der Waals surface area (Å²) >= 11 is 0. The number of methoxy groups -OCH3 is 1. The molecule has 0 spiro atoms. The molecule has 188 valence electrons. The highest BCUT2D eigenvalue weighted by Gasteiger charge is 2.34. The Kier molecular flexibility index (Phi) is 7.97. The van der Waals surface area contributed by atoms with E-state index in [1.54, 1.807) is 13.4 Å². The maximum atomic E-state index is 13.1. The van der Waals surface area contributed by atoms with Crippen molar-refractivity contribution in [2.45, 2.75) is 51.7 Å². The molecule has 3 atom stereocenters. The van der Waals surface area contributed by atoms with Gasteiger partial charge in [0.2, 0.25) is 5.89 Å². The molecule has 0 fully saturated rings. The number of carbonyl (C=O) groups excluding carboxylic acids is 1. The molecule has 2 heterocycles. The van der Waals surface area contributed by atoms with Crippen molar-refractivity contribution in [3.8, 4) is 23.8 Å². The van der Waals surface area contributed by atoms with Crippen LogP contribution in [-0.2, 0) is 24.2 Å². The predicted octanol–water partition coefficient (Wildman–Crippen LogP) is 4.63. The molecular weight excluding hydrogens is 458 g/mol. The molecule has 4 rings (SSSR count). The van der Waals surface area contributed by atoms with Gasteiger partial charge in [0.15, 0.2) is 0 Å². The van der Waals surface area contributed by atoms with E-state index in [9.17, 15) is 9.90 Å². The maximum Gasteiger partial charge on any atom is 0.342 e. The lowest BCUT2D eigenvalue weighted by molar-refractivity contribution is 0.0105. The quantitative estimate of drug-likeness (QED) is 0.328. The lowest BCUT2D eigenvalue weighted by atomic mass is 9.88. The molecular formula is C29H31NO6. The third-order valence-corrected chi connectivity index (χ3v) is 6.54. The lowest BCUT2D eigenvalue weighted by Crippen LogP contribution is -2.34. The van der Waals surface area contributed by atoms with Gasteiger partial charge in [-0.15, -0.1) is 12.3 Å². The molecule has 0 radical (unpaired) electrons. The first-order chi connectivity index (χ1) is 17.4. The van der Waals surface area contributed by atoms with Crippen LogP contribution in [0.15, 0.2) is 47.1 Å². The van der Waals surface area contributed by atoms with E-state index in [-0.39, 0.29) is 30.5 Å². The summed E-state index contributed by atoms with van der Waals surface area (Å²) in [6, 6.07) is 11.6. The Labute approximate surface area is 211 Å². The molecule has 36 heavy (non-hydrogen) atoms. The number of benzene rings is 2. The number of cyclic esters (lactones) is 1. The van der Waals surface area contributed by atoms with Gasteiger partial charge >= 0.3 is 5.97 Å². The van der Waals surface area contributed by atoms with Crippen molar-refractivity contribution in [2.75, 3.05) is 13.7 Å². The van der Waals surface area contributed by atoms with E-state index >= 15 is 0 Å². The Hall–Kier alpha value is -3.76. The fraction of sp³-hybridized carbons (Fsp3) is 0.379. The van der Waals surface area contributed by atoms with Gasteiger partial charge in [-0.25, -0.2) is 9.78 Å². The third kappa shape index (κ3) is 5.55. The highest BCUT2D eigenvalue weighted by Crippen LogP contribution is 2.35. The van der Waals surface area contributed by atoms with Gasteiger partial charge < -0.3 is 23.7 Å². The number of esters is 1. The second-order valence-electron chi connectivity index (χ2n) is 9.18. The first kappa shape index (κ1) is 25.3. The number of aromatic nitrogens is 1. The number of fused-ring (bicyclic) bond motifs is 1. The molecule has 1 aliphatic heterocycles. The van der Waals surface area contributed by atoms with Crippen LogP contribution >= 0.6 is 0 Å². The minimum Gasteiger partial charge on any atom is -0.497 e. The monoisotopic (exact) mass is 489 g/mol. The summed E-state index contributed by atoms with van der Waals surface area (Å²) in [5.41, 5.74) is 4.00. The van der Waals surface area contributed by atoms with E-state index in [0.717, 1.165) is 28.1 Å². The molecule has 0 aliphatic carbocycles. The van der Waals surface area contributed by atoms with Crippen LogP contribution in [0.2, 0.25) is 0 Å². The Morgan fingerprint density at radius 1 is 1.25 bits per heavy atom. The van der Waals surface area contributed by atoms with Crippen LogP contribution in [0.3, 0.4) is 0 Å². The number of nitrogens with zero attached hydrogens (tertiary/aromatic N) is 1. The van der Waals surface area contributed by atoms with Crippen LogP contribution in [0.1, 0.15) is 57.9 Å². The third-order valence-electron chi connectivity index (χ3n) is 6.54. The van der Waals surface area contributed by atoms with E-state index < -0.39 is 0 Å². The summed E-state index contributed by atoms with van der Waals surface area (Å²) in [5.74, 6) is 3.60. The highest BCUT2D eigenvalue weighted by molar-refractivity contribution is 5.95. The van der Waals surface area contributed by atoms with Crippen molar-refractivity contribution in [3.63, 3.8) is 0 Å². The summed E-state index contributed by atoms with van der Waals surface area (Å²) in [5, 5.41) is 9.53. The molecule has 3 aromatic rings. The van der Waals surface area contributed by atoms with Crippen molar-refractivity contribution >= 4 is 5.97 Å². The second kappa shape index (κ2) is 11.3.